The van der Waals surface area contributed by atoms with Crippen LogP contribution in [0.1, 0.15) is 44.0 Å². The molecule has 36 heavy (non-hydrogen) atoms. The van der Waals surface area contributed by atoms with Crippen molar-refractivity contribution in [2.75, 3.05) is 44.7 Å². The predicted molar refractivity (Wildman–Crippen MR) is 145 cm³/mol. The van der Waals surface area contributed by atoms with Crippen molar-refractivity contribution in [1.82, 2.24) is 19.6 Å². The lowest BCUT2D eigenvalue weighted by atomic mass is 10.1. The van der Waals surface area contributed by atoms with E-state index in [1.165, 1.54) is 23.3 Å². The molecule has 1 aliphatic rings. The Balaban J connectivity index is 1.73. The Labute approximate surface area is 215 Å². The van der Waals surface area contributed by atoms with Crippen molar-refractivity contribution in [3.63, 3.8) is 0 Å². The van der Waals surface area contributed by atoms with E-state index in [2.05, 4.69) is 54.5 Å². The highest BCUT2D eigenvalue weighted by atomic mass is 19.1. The van der Waals surface area contributed by atoms with Gasteiger partial charge < -0.3 is 14.5 Å². The van der Waals surface area contributed by atoms with Gasteiger partial charge in [0.2, 0.25) is 0 Å². The number of aryl methyl sites for hydroxylation is 1. The SMILES string of the molecule is CCC(C)N(Cc1ccccc1OC)Cc1c(C)nn(-c2ccc(F)cc2)c1N1CCN(CC)CC1. The van der Waals surface area contributed by atoms with Gasteiger partial charge in [-0.3, -0.25) is 4.90 Å². The molecule has 3 aromatic rings. The third-order valence-corrected chi connectivity index (χ3v) is 7.49. The van der Waals surface area contributed by atoms with Crippen LogP contribution >= 0.6 is 0 Å². The molecule has 194 valence electrons. The first-order valence-corrected chi connectivity index (χ1v) is 13.1. The lowest BCUT2D eigenvalue weighted by molar-refractivity contribution is 0.183. The Morgan fingerprint density at radius 2 is 1.69 bits per heavy atom. The zero-order chi connectivity index (χ0) is 25.7. The first kappa shape index (κ1) is 26.2. The zero-order valence-corrected chi connectivity index (χ0v) is 22.4. The third kappa shape index (κ3) is 5.73. The first-order chi connectivity index (χ1) is 17.4. The summed E-state index contributed by atoms with van der Waals surface area (Å²) in [5.41, 5.74) is 4.32. The van der Waals surface area contributed by atoms with Crippen LogP contribution in [0.5, 0.6) is 5.75 Å². The molecule has 1 unspecified atom stereocenters. The summed E-state index contributed by atoms with van der Waals surface area (Å²) in [4.78, 5) is 7.46. The van der Waals surface area contributed by atoms with Gasteiger partial charge in [-0.2, -0.15) is 5.10 Å². The molecular weight excluding hydrogens is 453 g/mol. The fourth-order valence-electron chi connectivity index (χ4n) is 4.98. The van der Waals surface area contributed by atoms with Gasteiger partial charge in [0.1, 0.15) is 17.4 Å². The highest BCUT2D eigenvalue weighted by Gasteiger charge is 2.27. The van der Waals surface area contributed by atoms with Crippen LogP contribution in [0.15, 0.2) is 48.5 Å². The molecular formula is C29H40FN5O. The Kier molecular flexibility index (Phi) is 8.64. The Hall–Kier alpha value is -2.90. The largest absolute Gasteiger partial charge is 0.496 e. The topological polar surface area (TPSA) is 36.8 Å². The number of hydrogen-bond acceptors (Lipinski definition) is 5. The van der Waals surface area contributed by atoms with Crippen LogP contribution in [0.25, 0.3) is 5.69 Å². The van der Waals surface area contributed by atoms with E-state index in [-0.39, 0.29) is 5.82 Å². The summed E-state index contributed by atoms with van der Waals surface area (Å²) in [5.74, 6) is 1.81. The molecule has 1 atom stereocenters. The van der Waals surface area contributed by atoms with E-state index in [1.807, 2.05) is 28.9 Å². The molecule has 0 spiro atoms. The van der Waals surface area contributed by atoms with Gasteiger partial charge in [0.15, 0.2) is 0 Å². The summed E-state index contributed by atoms with van der Waals surface area (Å²) in [5, 5.41) is 4.99. The lowest BCUT2D eigenvalue weighted by Crippen LogP contribution is -2.47. The van der Waals surface area contributed by atoms with E-state index in [1.54, 1.807) is 7.11 Å². The van der Waals surface area contributed by atoms with Crippen LogP contribution in [0.3, 0.4) is 0 Å². The summed E-state index contributed by atoms with van der Waals surface area (Å²) in [6.07, 6.45) is 1.05. The Morgan fingerprint density at radius 1 is 1.00 bits per heavy atom. The van der Waals surface area contributed by atoms with Gasteiger partial charge >= 0.3 is 0 Å². The van der Waals surface area contributed by atoms with Crippen molar-refractivity contribution in [3.8, 4) is 11.4 Å². The summed E-state index contributed by atoms with van der Waals surface area (Å²) in [6.45, 7) is 15.4. The van der Waals surface area contributed by atoms with Gasteiger partial charge in [-0.25, -0.2) is 9.07 Å². The van der Waals surface area contributed by atoms with E-state index >= 15 is 0 Å². The molecule has 0 amide bonds. The maximum absolute atomic E-state index is 13.7. The average molecular weight is 494 g/mol. The Bertz CT molecular complexity index is 1120. The van der Waals surface area contributed by atoms with E-state index < -0.39 is 0 Å². The van der Waals surface area contributed by atoms with E-state index in [0.717, 1.165) is 75.2 Å². The maximum atomic E-state index is 13.7. The summed E-state index contributed by atoms with van der Waals surface area (Å²) < 4.78 is 21.4. The number of hydrogen-bond donors (Lipinski definition) is 0. The van der Waals surface area contributed by atoms with Gasteiger partial charge in [0.25, 0.3) is 0 Å². The van der Waals surface area contributed by atoms with Gasteiger partial charge in [-0.15, -0.1) is 0 Å². The molecule has 0 N–H and O–H groups in total. The number of halogens is 1. The molecule has 7 heteroatoms. The Morgan fingerprint density at radius 3 is 2.33 bits per heavy atom. The number of benzene rings is 2. The third-order valence-electron chi connectivity index (χ3n) is 7.49. The van der Waals surface area contributed by atoms with E-state index in [9.17, 15) is 4.39 Å². The maximum Gasteiger partial charge on any atom is 0.137 e. The number of ether oxygens (including phenoxy) is 1. The average Bonchev–Trinajstić information content (AvgIpc) is 3.24. The molecule has 2 aromatic carbocycles. The molecule has 1 aromatic heterocycles. The molecule has 1 fully saturated rings. The van der Waals surface area contributed by atoms with Gasteiger partial charge in [-0.05, 0) is 57.1 Å². The second-order valence-corrected chi connectivity index (χ2v) is 9.67. The molecule has 2 heterocycles. The fraction of sp³-hybridized carbons (Fsp3) is 0.483. The number of nitrogens with zero attached hydrogens (tertiary/aromatic N) is 5. The van der Waals surface area contributed by atoms with Crippen molar-refractivity contribution in [2.45, 2.75) is 53.2 Å². The summed E-state index contributed by atoms with van der Waals surface area (Å²) >= 11 is 0. The van der Waals surface area contributed by atoms with Crippen LogP contribution in [0.4, 0.5) is 10.2 Å². The van der Waals surface area contributed by atoms with Crippen molar-refractivity contribution >= 4 is 5.82 Å². The highest BCUT2D eigenvalue weighted by molar-refractivity contribution is 5.56. The zero-order valence-electron chi connectivity index (χ0n) is 22.4. The number of methoxy groups -OCH3 is 1. The minimum atomic E-state index is -0.235. The molecule has 6 nitrogen and oxygen atoms in total. The molecule has 0 radical (unpaired) electrons. The standard InChI is InChI=1S/C29H40FN5O/c1-6-22(3)34(20-24-10-8-9-11-28(24)36-5)21-27-23(4)31-35(26-14-12-25(30)13-15-26)29(27)33-18-16-32(7-2)17-19-33/h8-15,22H,6-7,16-21H2,1-5H3. The van der Waals surface area contributed by atoms with E-state index in [4.69, 9.17) is 9.84 Å². The summed E-state index contributed by atoms with van der Waals surface area (Å²) in [6, 6.07) is 15.3. The van der Waals surface area contributed by atoms with Crippen LogP contribution in [0.2, 0.25) is 0 Å². The van der Waals surface area contributed by atoms with Gasteiger partial charge in [0, 0.05) is 56.4 Å². The first-order valence-electron chi connectivity index (χ1n) is 13.1. The molecule has 0 bridgehead atoms. The second kappa shape index (κ2) is 11.9. The number of anilines is 1. The van der Waals surface area contributed by atoms with Crippen LogP contribution in [0, 0.1) is 12.7 Å². The predicted octanol–water partition coefficient (Wildman–Crippen LogP) is 5.27. The van der Waals surface area contributed by atoms with Crippen molar-refractivity contribution in [3.05, 3.63) is 71.2 Å². The minimum absolute atomic E-state index is 0.235. The number of piperazine rings is 1. The molecule has 0 aliphatic carbocycles. The van der Waals surface area contributed by atoms with Gasteiger partial charge in [0.05, 0.1) is 18.5 Å². The number of likely N-dealkylation sites (N-methyl/N-ethyl adjacent to an activating group) is 1. The number of aromatic nitrogens is 2. The molecule has 1 saturated heterocycles. The van der Waals surface area contributed by atoms with Crippen LogP contribution in [-0.4, -0.2) is 65.5 Å². The smallest absolute Gasteiger partial charge is 0.137 e. The number of para-hydroxylation sites is 1. The van der Waals surface area contributed by atoms with E-state index in [0.29, 0.717) is 6.04 Å². The lowest BCUT2D eigenvalue weighted by Gasteiger charge is -2.37. The molecule has 1 aliphatic heterocycles. The van der Waals surface area contributed by atoms with Crippen molar-refractivity contribution in [1.29, 1.82) is 0 Å². The van der Waals surface area contributed by atoms with Crippen LogP contribution in [-0.2, 0) is 13.1 Å². The number of rotatable bonds is 10. The van der Waals surface area contributed by atoms with Crippen molar-refractivity contribution in [2.24, 2.45) is 0 Å². The minimum Gasteiger partial charge on any atom is -0.496 e. The normalized spacial score (nSPS) is 15.5. The quantitative estimate of drug-likeness (QED) is 0.385. The fourth-order valence-corrected chi connectivity index (χ4v) is 4.98. The summed E-state index contributed by atoms with van der Waals surface area (Å²) in [7, 11) is 1.73. The second-order valence-electron chi connectivity index (χ2n) is 9.67. The molecule has 4 rings (SSSR count). The van der Waals surface area contributed by atoms with Crippen LogP contribution < -0.4 is 9.64 Å². The monoisotopic (exact) mass is 493 g/mol. The van der Waals surface area contributed by atoms with Gasteiger partial charge in [-0.1, -0.05) is 32.0 Å². The molecule has 0 saturated carbocycles. The highest BCUT2D eigenvalue weighted by Crippen LogP contribution is 2.31. The van der Waals surface area contributed by atoms with Crippen molar-refractivity contribution < 1.29 is 9.13 Å².